The van der Waals surface area contributed by atoms with Crippen LogP contribution in [0.2, 0.25) is 5.02 Å². The molecule has 0 aliphatic heterocycles. The molecule has 1 amide bonds. The summed E-state index contributed by atoms with van der Waals surface area (Å²) in [6, 6.07) is 8.15. The van der Waals surface area contributed by atoms with Crippen LogP contribution in [-0.4, -0.2) is 26.8 Å². The number of benzene rings is 1. The second-order valence-electron chi connectivity index (χ2n) is 3.76. The maximum absolute atomic E-state index is 11.8. The van der Waals surface area contributed by atoms with Gasteiger partial charge >= 0.3 is 5.97 Å². The molecule has 0 atom stereocenters. The summed E-state index contributed by atoms with van der Waals surface area (Å²) in [5, 5.41) is 15.6. The Kier molecular flexibility index (Phi) is 3.82. The van der Waals surface area contributed by atoms with Gasteiger partial charge in [-0.3, -0.25) is 14.3 Å². The zero-order chi connectivity index (χ0) is 13.8. The molecule has 2 aromatic rings. The summed E-state index contributed by atoms with van der Waals surface area (Å²) in [6.45, 7) is -0.287. The van der Waals surface area contributed by atoms with Crippen molar-refractivity contribution < 1.29 is 14.7 Å². The van der Waals surface area contributed by atoms with E-state index in [1.54, 1.807) is 24.3 Å². The lowest BCUT2D eigenvalue weighted by atomic mass is 10.3. The molecule has 0 spiro atoms. The molecule has 19 heavy (non-hydrogen) atoms. The number of rotatable bonds is 4. The van der Waals surface area contributed by atoms with Crippen molar-refractivity contribution in [3.8, 4) is 0 Å². The fourth-order valence-corrected chi connectivity index (χ4v) is 1.66. The lowest BCUT2D eigenvalue weighted by molar-refractivity contribution is -0.137. The van der Waals surface area contributed by atoms with Crippen LogP contribution in [0, 0.1) is 0 Å². The number of anilines is 1. The van der Waals surface area contributed by atoms with Crippen LogP contribution in [0.5, 0.6) is 0 Å². The number of hydrogen-bond acceptors (Lipinski definition) is 3. The van der Waals surface area contributed by atoms with Gasteiger partial charge in [-0.1, -0.05) is 17.7 Å². The lowest BCUT2D eigenvalue weighted by Gasteiger charge is -2.03. The summed E-state index contributed by atoms with van der Waals surface area (Å²) >= 11 is 5.80. The van der Waals surface area contributed by atoms with E-state index in [4.69, 9.17) is 16.7 Å². The van der Waals surface area contributed by atoms with Crippen molar-refractivity contribution in [1.29, 1.82) is 0 Å². The Hall–Kier alpha value is -2.34. The molecule has 6 nitrogen and oxygen atoms in total. The second-order valence-corrected chi connectivity index (χ2v) is 4.19. The summed E-state index contributed by atoms with van der Waals surface area (Å²) in [5.74, 6) is -1.45. The number of halogens is 1. The fourth-order valence-electron chi connectivity index (χ4n) is 1.47. The Balaban J connectivity index is 2.07. The summed E-state index contributed by atoms with van der Waals surface area (Å²) in [5.41, 5.74) is 0.687. The van der Waals surface area contributed by atoms with E-state index in [2.05, 4.69) is 10.4 Å². The monoisotopic (exact) mass is 279 g/mol. The zero-order valence-electron chi connectivity index (χ0n) is 9.71. The largest absolute Gasteiger partial charge is 0.480 e. The van der Waals surface area contributed by atoms with Crippen LogP contribution in [0.3, 0.4) is 0 Å². The summed E-state index contributed by atoms with van der Waals surface area (Å²) < 4.78 is 1.18. The van der Waals surface area contributed by atoms with Gasteiger partial charge in [0.25, 0.3) is 5.91 Å². The molecule has 7 heteroatoms. The summed E-state index contributed by atoms with van der Waals surface area (Å²) in [6.07, 6.45) is 1.43. The van der Waals surface area contributed by atoms with E-state index in [0.717, 1.165) is 0 Å². The van der Waals surface area contributed by atoms with Crippen molar-refractivity contribution in [2.75, 3.05) is 5.32 Å². The molecule has 1 heterocycles. The van der Waals surface area contributed by atoms with Crippen molar-refractivity contribution in [2.45, 2.75) is 6.54 Å². The van der Waals surface area contributed by atoms with E-state index < -0.39 is 11.9 Å². The molecule has 0 unspecified atom stereocenters. The molecule has 0 fully saturated rings. The summed E-state index contributed by atoms with van der Waals surface area (Å²) in [4.78, 5) is 22.3. The molecule has 0 aliphatic carbocycles. The first-order chi connectivity index (χ1) is 9.04. The number of hydrogen-bond donors (Lipinski definition) is 2. The smallest absolute Gasteiger partial charge is 0.325 e. The molecule has 2 rings (SSSR count). The van der Waals surface area contributed by atoms with Crippen LogP contribution < -0.4 is 5.32 Å². The molecule has 0 aliphatic rings. The topological polar surface area (TPSA) is 84.2 Å². The van der Waals surface area contributed by atoms with Crippen LogP contribution in [0.4, 0.5) is 5.69 Å². The van der Waals surface area contributed by atoms with Crippen LogP contribution in [-0.2, 0) is 11.3 Å². The molecular weight excluding hydrogens is 270 g/mol. The van der Waals surface area contributed by atoms with Crippen molar-refractivity contribution in [1.82, 2.24) is 9.78 Å². The number of nitrogens with one attached hydrogen (secondary N) is 1. The zero-order valence-corrected chi connectivity index (χ0v) is 10.5. The normalized spacial score (nSPS) is 10.2. The fraction of sp³-hybridized carbons (Fsp3) is 0.0833. The highest BCUT2D eigenvalue weighted by Gasteiger charge is 2.11. The van der Waals surface area contributed by atoms with Gasteiger partial charge in [0.1, 0.15) is 6.54 Å². The maximum Gasteiger partial charge on any atom is 0.325 e. The van der Waals surface area contributed by atoms with E-state index in [9.17, 15) is 9.59 Å². The first kappa shape index (κ1) is 13.1. The van der Waals surface area contributed by atoms with Crippen LogP contribution in [0.1, 0.15) is 10.5 Å². The maximum atomic E-state index is 11.8. The average Bonchev–Trinajstić information content (AvgIpc) is 2.76. The van der Waals surface area contributed by atoms with Gasteiger partial charge in [0.2, 0.25) is 0 Å². The van der Waals surface area contributed by atoms with Crippen LogP contribution in [0.25, 0.3) is 0 Å². The molecular formula is C12H10ClN3O3. The van der Waals surface area contributed by atoms with Gasteiger partial charge in [-0.2, -0.15) is 5.10 Å². The molecule has 1 aromatic heterocycles. The quantitative estimate of drug-likeness (QED) is 0.895. The number of carboxylic acid groups (broad SMARTS) is 1. The van der Waals surface area contributed by atoms with Crippen molar-refractivity contribution in [3.63, 3.8) is 0 Å². The predicted octanol–water partition coefficient (Wildman–Crippen LogP) is 1.87. The van der Waals surface area contributed by atoms with E-state index in [1.807, 2.05) is 0 Å². The molecule has 1 aromatic carbocycles. The number of nitrogens with zero attached hydrogens (tertiary/aromatic N) is 2. The molecule has 98 valence electrons. The van der Waals surface area contributed by atoms with Gasteiger partial charge in [0.15, 0.2) is 5.69 Å². The average molecular weight is 280 g/mol. The van der Waals surface area contributed by atoms with Crippen molar-refractivity contribution in [2.24, 2.45) is 0 Å². The first-order valence-corrected chi connectivity index (χ1v) is 5.74. The first-order valence-electron chi connectivity index (χ1n) is 5.37. The molecule has 0 saturated heterocycles. The third-order valence-electron chi connectivity index (χ3n) is 2.25. The number of aromatic nitrogens is 2. The van der Waals surface area contributed by atoms with Gasteiger partial charge in [0, 0.05) is 16.9 Å². The Morgan fingerprint density at radius 3 is 2.84 bits per heavy atom. The highest BCUT2D eigenvalue weighted by Crippen LogP contribution is 2.15. The Morgan fingerprint density at radius 1 is 1.37 bits per heavy atom. The minimum Gasteiger partial charge on any atom is -0.480 e. The third-order valence-corrected chi connectivity index (χ3v) is 2.49. The van der Waals surface area contributed by atoms with Gasteiger partial charge in [-0.05, 0) is 24.3 Å². The Bertz CT molecular complexity index is 624. The second kappa shape index (κ2) is 5.53. The number of amides is 1. The Labute approximate surface area is 113 Å². The summed E-state index contributed by atoms with van der Waals surface area (Å²) in [7, 11) is 0. The Morgan fingerprint density at radius 2 is 2.16 bits per heavy atom. The minimum atomic E-state index is -1.02. The third kappa shape index (κ3) is 3.56. The SMILES string of the molecule is O=C(O)Cn1ccc(C(=O)Nc2cccc(Cl)c2)n1. The van der Waals surface area contributed by atoms with Gasteiger partial charge in [-0.15, -0.1) is 0 Å². The van der Waals surface area contributed by atoms with E-state index in [-0.39, 0.29) is 12.2 Å². The van der Waals surface area contributed by atoms with Gasteiger partial charge < -0.3 is 10.4 Å². The van der Waals surface area contributed by atoms with E-state index in [1.165, 1.54) is 16.9 Å². The standard InChI is InChI=1S/C12H10ClN3O3/c13-8-2-1-3-9(6-8)14-12(19)10-4-5-16(15-10)7-11(17)18/h1-6H,7H2,(H,14,19)(H,17,18). The van der Waals surface area contributed by atoms with E-state index in [0.29, 0.717) is 10.7 Å². The van der Waals surface area contributed by atoms with Crippen molar-refractivity contribution >= 4 is 29.2 Å². The van der Waals surface area contributed by atoms with Gasteiger partial charge in [0.05, 0.1) is 0 Å². The van der Waals surface area contributed by atoms with Crippen molar-refractivity contribution in [3.05, 3.63) is 47.2 Å². The van der Waals surface area contributed by atoms with Crippen LogP contribution in [0.15, 0.2) is 36.5 Å². The lowest BCUT2D eigenvalue weighted by Crippen LogP contribution is -2.14. The van der Waals surface area contributed by atoms with Gasteiger partial charge in [-0.25, -0.2) is 0 Å². The van der Waals surface area contributed by atoms with E-state index >= 15 is 0 Å². The predicted molar refractivity (Wildman–Crippen MR) is 69.3 cm³/mol. The number of carbonyl (C=O) groups excluding carboxylic acids is 1. The number of carboxylic acids is 1. The number of carbonyl (C=O) groups is 2. The minimum absolute atomic E-state index is 0.140. The molecule has 0 saturated carbocycles. The highest BCUT2D eigenvalue weighted by molar-refractivity contribution is 6.30. The molecule has 0 bridgehead atoms. The molecule has 0 radical (unpaired) electrons. The van der Waals surface area contributed by atoms with Crippen LogP contribution >= 0.6 is 11.6 Å². The highest BCUT2D eigenvalue weighted by atomic mass is 35.5. The molecule has 2 N–H and O–H groups in total. The number of aliphatic carboxylic acids is 1.